The first kappa shape index (κ1) is 29.4. The van der Waals surface area contributed by atoms with Crippen LogP contribution in [0.2, 0.25) is 5.02 Å². The molecule has 0 aliphatic carbocycles. The first-order valence-corrected chi connectivity index (χ1v) is 13.5. The smallest absolute Gasteiger partial charge is 0.407 e. The Kier molecular flexibility index (Phi) is 8.38. The highest BCUT2D eigenvalue weighted by Gasteiger charge is 2.62. The Morgan fingerprint density at radius 3 is 2.62 bits per heavy atom. The number of nitrogens with zero attached hydrogens (tertiary/aromatic N) is 1. The Morgan fingerprint density at radius 2 is 1.95 bits per heavy atom. The molecular weight excluding hydrogens is 524 g/mol. The number of alkyl carbamates (subject to hydrolysis) is 1. The minimum Gasteiger partial charge on any atom is -0.495 e. The van der Waals surface area contributed by atoms with Gasteiger partial charge in [-0.25, -0.2) is 4.79 Å². The van der Waals surface area contributed by atoms with Crippen molar-refractivity contribution in [1.82, 2.24) is 5.32 Å². The van der Waals surface area contributed by atoms with Crippen molar-refractivity contribution in [1.29, 1.82) is 0 Å². The van der Waals surface area contributed by atoms with Gasteiger partial charge in [-0.3, -0.25) is 4.79 Å². The highest BCUT2D eigenvalue weighted by molar-refractivity contribution is 6.35. The van der Waals surface area contributed by atoms with E-state index in [-0.39, 0.29) is 18.2 Å². The molecule has 0 aromatic heterocycles. The lowest BCUT2D eigenvalue weighted by Crippen LogP contribution is -2.61. The van der Waals surface area contributed by atoms with Crippen LogP contribution in [-0.4, -0.2) is 73.9 Å². The number of methoxy groups -OCH3 is 2. The number of nitrogens with one attached hydrogen (secondary N) is 1. The van der Waals surface area contributed by atoms with Crippen molar-refractivity contribution < 1.29 is 33.6 Å². The Bertz CT molecular complexity index is 1190. The molecule has 2 fully saturated rings. The maximum absolute atomic E-state index is 13.3. The summed E-state index contributed by atoms with van der Waals surface area (Å²) in [6.45, 7) is 7.65. The van der Waals surface area contributed by atoms with Crippen molar-refractivity contribution in [2.24, 2.45) is 5.92 Å². The van der Waals surface area contributed by atoms with E-state index in [1.54, 1.807) is 21.1 Å². The lowest BCUT2D eigenvalue weighted by atomic mass is 9.80. The molecule has 39 heavy (non-hydrogen) atoms. The Hall–Kier alpha value is -2.59. The average molecular weight is 563 g/mol. The third kappa shape index (κ3) is 5.82. The third-order valence-electron chi connectivity index (χ3n) is 8.32. The van der Waals surface area contributed by atoms with E-state index in [1.807, 2.05) is 51.1 Å². The molecular formula is C29H39ClN2O7. The van der Waals surface area contributed by atoms with Crippen LogP contribution in [0.4, 0.5) is 10.5 Å². The summed E-state index contributed by atoms with van der Waals surface area (Å²) in [4.78, 5) is 27.4. The zero-order chi connectivity index (χ0) is 28.7. The summed E-state index contributed by atoms with van der Waals surface area (Å²) in [5, 5.41) is 14.4. The van der Waals surface area contributed by atoms with Crippen molar-refractivity contribution in [3.63, 3.8) is 0 Å². The molecule has 3 heterocycles. The Morgan fingerprint density at radius 1 is 1.23 bits per heavy atom. The molecule has 4 bridgehead atoms. The fraction of sp³-hybridized carbons (Fsp3) is 0.586. The van der Waals surface area contributed by atoms with Gasteiger partial charge in [0.05, 0.1) is 43.1 Å². The summed E-state index contributed by atoms with van der Waals surface area (Å²) in [7, 11) is 4.77. The van der Waals surface area contributed by atoms with Crippen molar-refractivity contribution in [2.45, 2.75) is 82.5 Å². The number of halogens is 1. The maximum atomic E-state index is 13.3. The Balaban J connectivity index is 1.74. The molecule has 0 saturated carbocycles. The first-order chi connectivity index (χ1) is 18.3. The molecule has 7 unspecified atom stereocenters. The van der Waals surface area contributed by atoms with Crippen LogP contribution >= 0.6 is 11.6 Å². The molecule has 7 atom stereocenters. The molecule has 4 rings (SSSR count). The Labute approximate surface area is 235 Å². The van der Waals surface area contributed by atoms with Gasteiger partial charge in [-0.2, -0.15) is 0 Å². The summed E-state index contributed by atoms with van der Waals surface area (Å²) >= 11 is 6.60. The van der Waals surface area contributed by atoms with Gasteiger partial charge in [0.2, 0.25) is 5.91 Å². The molecule has 2 saturated heterocycles. The van der Waals surface area contributed by atoms with E-state index in [0.29, 0.717) is 29.3 Å². The molecule has 1 aromatic rings. The van der Waals surface area contributed by atoms with E-state index in [1.165, 1.54) is 12.0 Å². The number of benzene rings is 1. The SMILES string of the molecule is COc1cc2cc(c1Cl)N(C)C(=O)CC(O)C1(C)OC1C(C)C1CC(C)(NC(=O)O1)C(OC)/C=C/C=C(\C)C2. The van der Waals surface area contributed by atoms with E-state index in [0.717, 1.165) is 11.1 Å². The number of allylic oxidation sites excluding steroid dienone is 3. The van der Waals surface area contributed by atoms with E-state index in [9.17, 15) is 14.7 Å². The van der Waals surface area contributed by atoms with Gasteiger partial charge in [0.15, 0.2) is 0 Å². The molecule has 2 amide bonds. The van der Waals surface area contributed by atoms with Crippen molar-refractivity contribution in [3.8, 4) is 5.75 Å². The fourth-order valence-electron chi connectivity index (χ4n) is 5.75. The van der Waals surface area contributed by atoms with Crippen LogP contribution in [0, 0.1) is 5.92 Å². The number of anilines is 1. The largest absolute Gasteiger partial charge is 0.495 e. The second-order valence-corrected chi connectivity index (χ2v) is 11.7. The van der Waals surface area contributed by atoms with Gasteiger partial charge in [0.1, 0.15) is 22.5 Å². The third-order valence-corrected chi connectivity index (χ3v) is 8.70. The highest BCUT2D eigenvalue weighted by atomic mass is 35.5. The number of aliphatic hydroxyl groups is 1. The van der Waals surface area contributed by atoms with Crippen molar-refractivity contribution in [2.75, 3.05) is 26.2 Å². The van der Waals surface area contributed by atoms with Gasteiger partial charge >= 0.3 is 6.09 Å². The number of carbonyl (C=O) groups is 2. The fourth-order valence-corrected chi connectivity index (χ4v) is 6.06. The zero-order valence-electron chi connectivity index (χ0n) is 23.6. The minimum absolute atomic E-state index is 0.169. The molecule has 0 spiro atoms. The number of ether oxygens (including phenoxy) is 4. The second-order valence-electron chi connectivity index (χ2n) is 11.3. The summed E-state index contributed by atoms with van der Waals surface area (Å²) in [5.41, 5.74) is 0.766. The van der Waals surface area contributed by atoms with E-state index in [2.05, 4.69) is 5.32 Å². The van der Waals surface area contributed by atoms with Gasteiger partial charge in [-0.15, -0.1) is 0 Å². The zero-order valence-corrected chi connectivity index (χ0v) is 24.4. The molecule has 214 valence electrons. The van der Waals surface area contributed by atoms with Crippen LogP contribution in [0.25, 0.3) is 0 Å². The predicted molar refractivity (Wildman–Crippen MR) is 148 cm³/mol. The minimum atomic E-state index is -1.07. The van der Waals surface area contributed by atoms with Gasteiger partial charge < -0.3 is 34.3 Å². The average Bonchev–Trinajstić information content (AvgIpc) is 3.58. The van der Waals surface area contributed by atoms with Gasteiger partial charge in [0.25, 0.3) is 0 Å². The normalized spacial score (nSPS) is 37.6. The molecule has 1 aromatic carbocycles. The molecule has 3 aliphatic heterocycles. The number of aliphatic hydroxyl groups excluding tert-OH is 1. The van der Waals surface area contributed by atoms with Crippen molar-refractivity contribution in [3.05, 3.63) is 46.5 Å². The summed E-state index contributed by atoms with van der Waals surface area (Å²) in [5.74, 6) is -0.0898. The monoisotopic (exact) mass is 562 g/mol. The second kappa shape index (κ2) is 11.1. The number of epoxide rings is 1. The van der Waals surface area contributed by atoms with Crippen LogP contribution in [-0.2, 0) is 25.4 Å². The standard InChI is InChI=1S/C29H39ClN2O7/c1-16-9-8-10-23(37-7)28(3)15-21(38-27(35)31-28)17(2)26-29(4,39-26)22(33)14-24(34)32(5)19-12-18(11-16)13-20(36-6)25(19)30/h8-10,12-13,17,21-23,26,33H,11,14-15H2,1-7H3,(H,31,35)/b10-8+,16-9+. The summed E-state index contributed by atoms with van der Waals surface area (Å²) in [6.07, 6.45) is 3.83. The lowest BCUT2D eigenvalue weighted by molar-refractivity contribution is -0.121. The highest BCUT2D eigenvalue weighted by Crippen LogP contribution is 2.48. The molecule has 3 aliphatic rings. The van der Waals surface area contributed by atoms with E-state index in [4.69, 9.17) is 30.5 Å². The quantitative estimate of drug-likeness (QED) is 0.520. The molecule has 2 N–H and O–H groups in total. The number of fused-ring (bicyclic) bond motifs is 5. The van der Waals surface area contributed by atoms with Gasteiger partial charge in [-0.05, 0) is 44.9 Å². The number of carbonyl (C=O) groups excluding carboxylic acids is 2. The van der Waals surface area contributed by atoms with Crippen LogP contribution in [0.15, 0.2) is 35.9 Å². The van der Waals surface area contributed by atoms with Crippen molar-refractivity contribution >= 4 is 29.3 Å². The summed E-state index contributed by atoms with van der Waals surface area (Å²) in [6, 6.07) is 3.71. The maximum Gasteiger partial charge on any atom is 0.407 e. The van der Waals surface area contributed by atoms with Gasteiger partial charge in [-0.1, -0.05) is 42.3 Å². The van der Waals surface area contributed by atoms with Gasteiger partial charge in [0, 0.05) is 26.5 Å². The molecule has 10 heteroatoms. The number of hydrogen-bond donors (Lipinski definition) is 2. The number of hydrogen-bond acceptors (Lipinski definition) is 7. The van der Waals surface area contributed by atoms with E-state index >= 15 is 0 Å². The van der Waals surface area contributed by atoms with Crippen LogP contribution in [0.1, 0.15) is 46.1 Å². The van der Waals surface area contributed by atoms with Crippen LogP contribution < -0.4 is 15.0 Å². The van der Waals surface area contributed by atoms with Crippen LogP contribution in [0.5, 0.6) is 5.75 Å². The predicted octanol–water partition coefficient (Wildman–Crippen LogP) is 4.19. The summed E-state index contributed by atoms with van der Waals surface area (Å²) < 4.78 is 23.0. The number of rotatable bonds is 2. The van der Waals surface area contributed by atoms with Crippen LogP contribution in [0.3, 0.4) is 0 Å². The topological polar surface area (TPSA) is 110 Å². The number of amides is 2. The molecule has 0 radical (unpaired) electrons. The lowest BCUT2D eigenvalue weighted by Gasteiger charge is -2.43. The molecule has 9 nitrogen and oxygen atoms in total. The van der Waals surface area contributed by atoms with E-state index < -0.39 is 41.6 Å². The first-order valence-electron chi connectivity index (χ1n) is 13.2.